The molecule has 1 aromatic carbocycles. The van der Waals surface area contributed by atoms with Gasteiger partial charge in [-0.2, -0.15) is 0 Å². The largest absolute Gasteiger partial charge is 0.321 e. The fraction of sp³-hybridized carbons (Fsp3) is 0.0625. The van der Waals surface area contributed by atoms with Crippen molar-refractivity contribution in [1.82, 2.24) is 4.72 Å². The highest BCUT2D eigenvalue weighted by Gasteiger charge is 2.19. The second kappa shape index (κ2) is 7.27. The van der Waals surface area contributed by atoms with Crippen molar-refractivity contribution in [2.24, 2.45) is 0 Å². The Morgan fingerprint density at radius 1 is 1.04 bits per heavy atom. The number of thiophene rings is 2. The molecule has 0 fully saturated rings. The SMILES string of the molecule is O=C(Nc1ccccc1)c1cc(S(=O)(=O)NCc2cccs2)cs1. The number of hydrogen-bond acceptors (Lipinski definition) is 5. The molecule has 0 saturated carbocycles. The lowest BCUT2D eigenvalue weighted by atomic mass is 10.3. The lowest BCUT2D eigenvalue weighted by molar-refractivity contribution is 0.103. The first kappa shape index (κ1) is 16.8. The van der Waals surface area contributed by atoms with Gasteiger partial charge in [0, 0.05) is 22.5 Å². The minimum absolute atomic E-state index is 0.0993. The van der Waals surface area contributed by atoms with Crippen LogP contribution in [0.5, 0.6) is 0 Å². The molecule has 124 valence electrons. The highest BCUT2D eigenvalue weighted by Crippen LogP contribution is 2.21. The number of benzene rings is 1. The van der Waals surface area contributed by atoms with Gasteiger partial charge in [-0.1, -0.05) is 24.3 Å². The molecule has 2 N–H and O–H groups in total. The summed E-state index contributed by atoms with van der Waals surface area (Å²) in [6.07, 6.45) is 0. The Kier molecular flexibility index (Phi) is 5.10. The minimum atomic E-state index is -3.63. The molecule has 0 atom stereocenters. The van der Waals surface area contributed by atoms with E-state index in [1.54, 1.807) is 12.1 Å². The van der Waals surface area contributed by atoms with Crippen LogP contribution in [0.1, 0.15) is 14.5 Å². The first-order valence-electron chi connectivity index (χ1n) is 7.01. The van der Waals surface area contributed by atoms with Gasteiger partial charge in [0.2, 0.25) is 10.0 Å². The third kappa shape index (κ3) is 4.09. The third-order valence-electron chi connectivity index (χ3n) is 3.16. The zero-order chi connectivity index (χ0) is 17.0. The van der Waals surface area contributed by atoms with Gasteiger partial charge in [0.25, 0.3) is 5.91 Å². The Bertz CT molecular complexity index is 917. The van der Waals surface area contributed by atoms with E-state index < -0.39 is 10.0 Å². The van der Waals surface area contributed by atoms with Crippen LogP contribution in [0.15, 0.2) is 64.2 Å². The van der Waals surface area contributed by atoms with Crippen molar-refractivity contribution in [3.05, 3.63) is 69.0 Å². The Hall–Kier alpha value is -2.00. The van der Waals surface area contributed by atoms with Crippen LogP contribution in [0.2, 0.25) is 0 Å². The quantitative estimate of drug-likeness (QED) is 0.689. The molecule has 24 heavy (non-hydrogen) atoms. The number of rotatable bonds is 6. The number of carbonyl (C=O) groups is 1. The van der Waals surface area contributed by atoms with Gasteiger partial charge in [0.1, 0.15) is 0 Å². The summed E-state index contributed by atoms with van der Waals surface area (Å²) in [6.45, 7) is 0.237. The van der Waals surface area contributed by atoms with E-state index in [1.165, 1.54) is 22.8 Å². The smallest absolute Gasteiger partial charge is 0.265 e. The van der Waals surface area contributed by atoms with Gasteiger partial charge in [-0.05, 0) is 29.6 Å². The molecule has 0 radical (unpaired) electrons. The highest BCUT2D eigenvalue weighted by molar-refractivity contribution is 7.89. The van der Waals surface area contributed by atoms with Crippen LogP contribution < -0.4 is 10.0 Å². The van der Waals surface area contributed by atoms with Crippen molar-refractivity contribution in [3.8, 4) is 0 Å². The summed E-state index contributed by atoms with van der Waals surface area (Å²) in [5, 5.41) is 6.09. The average molecular weight is 378 g/mol. The number of anilines is 1. The average Bonchev–Trinajstić information content (AvgIpc) is 3.26. The Balaban J connectivity index is 1.69. The van der Waals surface area contributed by atoms with Crippen molar-refractivity contribution >= 4 is 44.3 Å². The van der Waals surface area contributed by atoms with Crippen molar-refractivity contribution in [3.63, 3.8) is 0 Å². The summed E-state index contributed by atoms with van der Waals surface area (Å²) in [6, 6.07) is 14.1. The van der Waals surface area contributed by atoms with Crippen LogP contribution in [0.4, 0.5) is 5.69 Å². The molecular weight excluding hydrogens is 364 g/mol. The van der Waals surface area contributed by atoms with Gasteiger partial charge in [0.05, 0.1) is 9.77 Å². The van der Waals surface area contributed by atoms with Crippen LogP contribution in [-0.4, -0.2) is 14.3 Å². The Morgan fingerprint density at radius 2 is 1.83 bits per heavy atom. The number of para-hydroxylation sites is 1. The molecule has 2 heterocycles. The normalized spacial score (nSPS) is 11.3. The van der Waals surface area contributed by atoms with E-state index in [2.05, 4.69) is 10.0 Å². The van der Waals surface area contributed by atoms with Crippen LogP contribution in [0, 0.1) is 0 Å². The second-order valence-corrected chi connectivity index (χ2v) is 8.58. The van der Waals surface area contributed by atoms with Crippen molar-refractivity contribution in [1.29, 1.82) is 0 Å². The van der Waals surface area contributed by atoms with E-state index in [9.17, 15) is 13.2 Å². The highest BCUT2D eigenvalue weighted by atomic mass is 32.2. The van der Waals surface area contributed by atoms with Crippen LogP contribution in [-0.2, 0) is 16.6 Å². The van der Waals surface area contributed by atoms with E-state index >= 15 is 0 Å². The minimum Gasteiger partial charge on any atom is -0.321 e. The summed E-state index contributed by atoms with van der Waals surface area (Å²) >= 11 is 2.58. The number of hydrogen-bond donors (Lipinski definition) is 2. The number of sulfonamides is 1. The zero-order valence-electron chi connectivity index (χ0n) is 12.4. The lowest BCUT2D eigenvalue weighted by Crippen LogP contribution is -2.22. The molecule has 3 aromatic rings. The number of nitrogens with one attached hydrogen (secondary N) is 2. The fourth-order valence-corrected chi connectivity index (χ4v) is 4.87. The van der Waals surface area contributed by atoms with E-state index in [-0.39, 0.29) is 17.3 Å². The maximum atomic E-state index is 12.3. The molecule has 0 bridgehead atoms. The second-order valence-electron chi connectivity index (χ2n) is 4.87. The van der Waals surface area contributed by atoms with E-state index in [4.69, 9.17) is 0 Å². The van der Waals surface area contributed by atoms with E-state index in [1.807, 2.05) is 35.7 Å². The zero-order valence-corrected chi connectivity index (χ0v) is 14.9. The maximum absolute atomic E-state index is 12.3. The summed E-state index contributed by atoms with van der Waals surface area (Å²) in [5.74, 6) is -0.328. The number of carbonyl (C=O) groups excluding carboxylic acids is 1. The summed E-state index contributed by atoms with van der Waals surface area (Å²) < 4.78 is 27.1. The predicted molar refractivity (Wildman–Crippen MR) is 97.1 cm³/mol. The Labute approximate surface area is 148 Å². The third-order valence-corrected chi connectivity index (χ3v) is 6.49. The van der Waals surface area contributed by atoms with Crippen LogP contribution >= 0.6 is 22.7 Å². The summed E-state index contributed by atoms with van der Waals surface area (Å²) in [5.41, 5.74) is 0.663. The summed E-state index contributed by atoms with van der Waals surface area (Å²) in [4.78, 5) is 13.6. The topological polar surface area (TPSA) is 75.3 Å². The van der Waals surface area contributed by atoms with Gasteiger partial charge in [-0.15, -0.1) is 22.7 Å². The first-order chi connectivity index (χ1) is 11.5. The lowest BCUT2D eigenvalue weighted by Gasteiger charge is -2.03. The monoisotopic (exact) mass is 378 g/mol. The molecule has 8 heteroatoms. The molecule has 1 amide bonds. The van der Waals surface area contributed by atoms with Crippen molar-refractivity contribution < 1.29 is 13.2 Å². The Morgan fingerprint density at radius 3 is 2.54 bits per heavy atom. The van der Waals surface area contributed by atoms with Crippen molar-refractivity contribution in [2.75, 3.05) is 5.32 Å². The molecule has 0 aliphatic heterocycles. The van der Waals surface area contributed by atoms with Gasteiger partial charge < -0.3 is 5.32 Å². The van der Waals surface area contributed by atoms with Crippen LogP contribution in [0.3, 0.4) is 0 Å². The molecule has 0 unspecified atom stereocenters. The molecule has 3 rings (SSSR count). The molecule has 0 saturated heterocycles. The van der Waals surface area contributed by atoms with Gasteiger partial charge in [-0.3, -0.25) is 4.79 Å². The first-order valence-corrected chi connectivity index (χ1v) is 10.3. The van der Waals surface area contributed by atoms with E-state index in [0.717, 1.165) is 16.2 Å². The fourth-order valence-electron chi connectivity index (χ4n) is 1.96. The van der Waals surface area contributed by atoms with E-state index in [0.29, 0.717) is 10.6 Å². The molecule has 0 aliphatic rings. The molecule has 0 aliphatic carbocycles. The standard InChI is InChI=1S/C16H14N2O3S3/c19-16(18-12-5-2-1-3-6-12)15-9-14(11-23-15)24(20,21)17-10-13-7-4-8-22-13/h1-9,11,17H,10H2,(H,18,19). The molecule has 5 nitrogen and oxygen atoms in total. The molecule has 0 spiro atoms. The van der Waals surface area contributed by atoms with Crippen LogP contribution in [0.25, 0.3) is 0 Å². The van der Waals surface area contributed by atoms with Gasteiger partial charge >= 0.3 is 0 Å². The van der Waals surface area contributed by atoms with Crippen molar-refractivity contribution in [2.45, 2.75) is 11.4 Å². The summed E-state index contributed by atoms with van der Waals surface area (Å²) in [7, 11) is -3.63. The molecular formula is C16H14N2O3S3. The predicted octanol–water partition coefficient (Wildman–Crippen LogP) is 3.54. The van der Waals surface area contributed by atoms with Gasteiger partial charge in [-0.25, -0.2) is 13.1 Å². The molecule has 2 aromatic heterocycles. The number of amides is 1. The van der Waals surface area contributed by atoms with Gasteiger partial charge in [0.15, 0.2) is 0 Å². The maximum Gasteiger partial charge on any atom is 0.265 e.